The van der Waals surface area contributed by atoms with Crippen LogP contribution >= 0.6 is 11.3 Å². The molecular formula is C8H11N3O2S. The van der Waals surface area contributed by atoms with E-state index in [1.165, 1.54) is 11.3 Å². The van der Waals surface area contributed by atoms with Crippen LogP contribution in [0.15, 0.2) is 11.6 Å². The second-order valence-corrected chi connectivity index (χ2v) is 3.94. The molecule has 0 bridgehead atoms. The summed E-state index contributed by atoms with van der Waals surface area (Å²) in [5.74, 6) is -0.799. The van der Waals surface area contributed by atoms with Gasteiger partial charge >= 0.3 is 5.97 Å². The van der Waals surface area contributed by atoms with E-state index in [0.717, 1.165) is 11.7 Å². The van der Waals surface area contributed by atoms with Crippen LogP contribution in [-0.2, 0) is 4.79 Å². The summed E-state index contributed by atoms with van der Waals surface area (Å²) in [6, 6.07) is -0.491. The van der Waals surface area contributed by atoms with Gasteiger partial charge in [-0.1, -0.05) is 0 Å². The van der Waals surface area contributed by atoms with Crippen molar-refractivity contribution in [1.29, 1.82) is 0 Å². The molecule has 1 fully saturated rings. The van der Waals surface area contributed by atoms with Gasteiger partial charge in [-0.2, -0.15) is 0 Å². The average Bonchev–Trinajstić information content (AvgIpc) is 2.70. The van der Waals surface area contributed by atoms with Crippen LogP contribution in [-0.4, -0.2) is 41.7 Å². The minimum absolute atomic E-state index is 0.481. The number of nitrogens with one attached hydrogen (secondary N) is 1. The first-order chi connectivity index (χ1) is 6.79. The molecule has 76 valence electrons. The minimum Gasteiger partial charge on any atom is -0.480 e. The highest BCUT2D eigenvalue weighted by molar-refractivity contribution is 7.13. The second-order valence-electron chi connectivity index (χ2n) is 3.07. The summed E-state index contributed by atoms with van der Waals surface area (Å²) in [4.78, 5) is 16.9. The van der Waals surface area contributed by atoms with Crippen molar-refractivity contribution in [1.82, 2.24) is 10.3 Å². The van der Waals surface area contributed by atoms with E-state index in [2.05, 4.69) is 10.3 Å². The van der Waals surface area contributed by atoms with E-state index in [1.807, 2.05) is 10.3 Å². The Kier molecular flexibility index (Phi) is 2.64. The number of aliphatic carboxylic acids is 1. The molecule has 14 heavy (non-hydrogen) atoms. The number of hydrogen-bond acceptors (Lipinski definition) is 5. The fourth-order valence-electron chi connectivity index (χ4n) is 1.51. The van der Waals surface area contributed by atoms with Crippen molar-refractivity contribution in [3.05, 3.63) is 11.6 Å². The van der Waals surface area contributed by atoms with Gasteiger partial charge in [0.05, 0.1) is 0 Å². The quantitative estimate of drug-likeness (QED) is 0.724. The van der Waals surface area contributed by atoms with Crippen LogP contribution in [0.3, 0.4) is 0 Å². The molecular weight excluding hydrogens is 202 g/mol. The van der Waals surface area contributed by atoms with Gasteiger partial charge < -0.3 is 15.3 Å². The summed E-state index contributed by atoms with van der Waals surface area (Å²) >= 11 is 1.47. The lowest BCUT2D eigenvalue weighted by atomic mass is 10.2. The standard InChI is InChI=1S/C8H11N3O2S/c12-7(13)6-5-9-1-3-11(6)8-10-2-4-14-8/h2,4,6,9H,1,3,5H2,(H,12,13)/t6-/m1/s1. The zero-order chi connectivity index (χ0) is 9.97. The predicted molar refractivity (Wildman–Crippen MR) is 53.8 cm³/mol. The van der Waals surface area contributed by atoms with E-state index in [1.54, 1.807) is 6.20 Å². The highest BCUT2D eigenvalue weighted by Gasteiger charge is 2.29. The van der Waals surface area contributed by atoms with Crippen LogP contribution < -0.4 is 10.2 Å². The zero-order valence-electron chi connectivity index (χ0n) is 7.51. The fraction of sp³-hybridized carbons (Fsp3) is 0.500. The molecule has 1 aromatic rings. The third-order valence-electron chi connectivity index (χ3n) is 2.19. The minimum atomic E-state index is -0.799. The summed E-state index contributed by atoms with van der Waals surface area (Å²) in [5.41, 5.74) is 0. The Morgan fingerprint density at radius 3 is 3.29 bits per heavy atom. The number of anilines is 1. The highest BCUT2D eigenvalue weighted by Crippen LogP contribution is 2.20. The van der Waals surface area contributed by atoms with Gasteiger partial charge in [0.25, 0.3) is 0 Å². The van der Waals surface area contributed by atoms with Crippen molar-refractivity contribution in [2.24, 2.45) is 0 Å². The van der Waals surface area contributed by atoms with Gasteiger partial charge in [0.1, 0.15) is 6.04 Å². The Hall–Kier alpha value is -1.14. The second kappa shape index (κ2) is 3.93. The molecule has 2 N–H and O–H groups in total. The van der Waals surface area contributed by atoms with Gasteiger partial charge in [0, 0.05) is 31.2 Å². The smallest absolute Gasteiger partial charge is 0.327 e. The summed E-state index contributed by atoms with van der Waals surface area (Å²) in [6.45, 7) is 1.99. The molecule has 0 amide bonds. The van der Waals surface area contributed by atoms with Crippen LogP contribution in [0, 0.1) is 0 Å². The molecule has 1 atom stereocenters. The van der Waals surface area contributed by atoms with Crippen molar-refractivity contribution in [2.75, 3.05) is 24.5 Å². The van der Waals surface area contributed by atoms with Gasteiger partial charge in [-0.3, -0.25) is 0 Å². The van der Waals surface area contributed by atoms with Crippen molar-refractivity contribution < 1.29 is 9.90 Å². The van der Waals surface area contributed by atoms with E-state index >= 15 is 0 Å². The number of rotatable bonds is 2. The first-order valence-electron chi connectivity index (χ1n) is 4.38. The number of nitrogens with zero attached hydrogens (tertiary/aromatic N) is 2. The molecule has 6 heteroatoms. The molecule has 1 saturated heterocycles. The van der Waals surface area contributed by atoms with Gasteiger partial charge in [-0.25, -0.2) is 9.78 Å². The maximum atomic E-state index is 11.0. The summed E-state index contributed by atoms with van der Waals surface area (Å²) in [6.07, 6.45) is 1.70. The number of piperazine rings is 1. The molecule has 0 radical (unpaired) electrons. The third-order valence-corrected chi connectivity index (χ3v) is 3.00. The number of hydrogen-bond donors (Lipinski definition) is 2. The number of thiazole rings is 1. The Morgan fingerprint density at radius 2 is 2.64 bits per heavy atom. The van der Waals surface area contributed by atoms with Crippen molar-refractivity contribution >= 4 is 22.4 Å². The Morgan fingerprint density at radius 1 is 1.79 bits per heavy atom. The lowest BCUT2D eigenvalue weighted by Gasteiger charge is -2.33. The zero-order valence-corrected chi connectivity index (χ0v) is 8.33. The van der Waals surface area contributed by atoms with Crippen LogP contribution in [0.25, 0.3) is 0 Å². The number of carboxylic acids is 1. The topological polar surface area (TPSA) is 65.5 Å². The van der Waals surface area contributed by atoms with Crippen LogP contribution in [0.5, 0.6) is 0 Å². The molecule has 0 aromatic carbocycles. The van der Waals surface area contributed by atoms with E-state index in [0.29, 0.717) is 13.1 Å². The SMILES string of the molecule is O=C(O)[C@H]1CNCCN1c1nccs1. The average molecular weight is 213 g/mol. The maximum absolute atomic E-state index is 11.0. The van der Waals surface area contributed by atoms with E-state index in [4.69, 9.17) is 5.11 Å². The van der Waals surface area contributed by atoms with Gasteiger partial charge in [-0.15, -0.1) is 11.3 Å². The predicted octanol–water partition coefficient (Wildman–Crippen LogP) is 0.00590. The third kappa shape index (κ3) is 1.71. The summed E-state index contributed by atoms with van der Waals surface area (Å²) in [5, 5.41) is 14.7. The maximum Gasteiger partial charge on any atom is 0.327 e. The fourth-order valence-corrected chi connectivity index (χ4v) is 2.23. The van der Waals surface area contributed by atoms with E-state index in [9.17, 15) is 4.79 Å². The molecule has 1 aliphatic rings. The Bertz CT molecular complexity index is 314. The molecule has 0 aliphatic carbocycles. The van der Waals surface area contributed by atoms with Gasteiger partial charge in [0.15, 0.2) is 5.13 Å². The Balaban J connectivity index is 2.18. The molecule has 5 nitrogen and oxygen atoms in total. The van der Waals surface area contributed by atoms with Crippen LogP contribution in [0.2, 0.25) is 0 Å². The molecule has 2 rings (SSSR count). The molecule has 0 saturated carbocycles. The number of carboxylic acid groups (broad SMARTS) is 1. The number of carbonyl (C=O) groups is 1. The lowest BCUT2D eigenvalue weighted by molar-refractivity contribution is -0.138. The van der Waals surface area contributed by atoms with Crippen molar-refractivity contribution in [2.45, 2.75) is 6.04 Å². The summed E-state index contributed by atoms with van der Waals surface area (Å²) < 4.78 is 0. The first-order valence-corrected chi connectivity index (χ1v) is 5.26. The monoisotopic (exact) mass is 213 g/mol. The van der Waals surface area contributed by atoms with Gasteiger partial charge in [0.2, 0.25) is 0 Å². The molecule has 0 unspecified atom stereocenters. The normalized spacial score (nSPS) is 22.3. The Labute approximate surface area is 85.4 Å². The summed E-state index contributed by atoms with van der Waals surface area (Å²) in [7, 11) is 0. The van der Waals surface area contributed by atoms with Crippen molar-refractivity contribution in [3.8, 4) is 0 Å². The number of aromatic nitrogens is 1. The van der Waals surface area contributed by atoms with E-state index < -0.39 is 12.0 Å². The molecule has 1 aliphatic heterocycles. The highest BCUT2D eigenvalue weighted by atomic mass is 32.1. The van der Waals surface area contributed by atoms with Crippen LogP contribution in [0.4, 0.5) is 5.13 Å². The molecule has 1 aromatic heterocycles. The van der Waals surface area contributed by atoms with E-state index in [-0.39, 0.29) is 0 Å². The molecule has 2 heterocycles. The first kappa shape index (κ1) is 9.42. The largest absolute Gasteiger partial charge is 0.480 e. The van der Waals surface area contributed by atoms with Crippen molar-refractivity contribution in [3.63, 3.8) is 0 Å². The molecule has 0 spiro atoms. The van der Waals surface area contributed by atoms with Gasteiger partial charge in [-0.05, 0) is 0 Å². The lowest BCUT2D eigenvalue weighted by Crippen LogP contribution is -2.55. The van der Waals surface area contributed by atoms with Crippen LogP contribution in [0.1, 0.15) is 0 Å².